The van der Waals surface area contributed by atoms with Crippen LogP contribution in [0.1, 0.15) is 91.7 Å². The Bertz CT molecular complexity index is 1520. The molecule has 2 unspecified atom stereocenters. The number of rotatable bonds is 5. The lowest BCUT2D eigenvalue weighted by Gasteiger charge is -2.20. The van der Waals surface area contributed by atoms with Crippen LogP contribution >= 0.6 is 0 Å². The SMILES string of the molecule is CC.CC1(C)c2ccccc2-c2ccccc21.CCC1C=CC(C2C=CC=CC2)=CC1.CCCC.COc1ccccc1.COc1ccccc1. The molecule has 2 nitrogen and oxygen atoms in total. The lowest BCUT2D eigenvalue weighted by atomic mass is 9.82. The third kappa shape index (κ3) is 13.9. The van der Waals surface area contributed by atoms with Gasteiger partial charge in [-0.2, -0.15) is 0 Å². The van der Waals surface area contributed by atoms with Gasteiger partial charge in [-0.1, -0.05) is 189 Å². The Kier molecular flexibility index (Phi) is 20.5. The van der Waals surface area contributed by atoms with Crippen LogP contribution in [-0.2, 0) is 5.41 Å². The predicted molar refractivity (Wildman–Crippen MR) is 224 cm³/mol. The lowest BCUT2D eigenvalue weighted by molar-refractivity contribution is 0.414. The summed E-state index contributed by atoms with van der Waals surface area (Å²) in [4.78, 5) is 0. The van der Waals surface area contributed by atoms with Crippen molar-refractivity contribution in [3.05, 3.63) is 168 Å². The molecule has 0 heterocycles. The summed E-state index contributed by atoms with van der Waals surface area (Å²) in [6, 6.07) is 36.8. The van der Waals surface area contributed by atoms with Crippen molar-refractivity contribution in [2.45, 2.75) is 86.0 Å². The van der Waals surface area contributed by atoms with E-state index in [2.05, 4.69) is 126 Å². The Hall–Kier alpha value is -4.56. The van der Waals surface area contributed by atoms with Crippen LogP contribution in [0.5, 0.6) is 11.5 Å². The second-order valence-corrected chi connectivity index (χ2v) is 12.9. The number of hydrogen-bond acceptors (Lipinski definition) is 2. The molecule has 0 fully saturated rings. The predicted octanol–water partition coefficient (Wildman–Crippen LogP) is 14.2. The summed E-state index contributed by atoms with van der Waals surface area (Å²) in [5.74, 6) is 3.23. The highest BCUT2D eigenvalue weighted by molar-refractivity contribution is 5.80. The molecule has 0 amide bonds. The molecule has 51 heavy (non-hydrogen) atoms. The number of benzene rings is 4. The molecule has 7 rings (SSSR count). The quantitative estimate of drug-likeness (QED) is 0.208. The molecule has 0 aromatic heterocycles. The Morgan fingerprint density at radius 1 is 0.588 bits per heavy atom. The largest absolute Gasteiger partial charge is 0.497 e. The molecule has 3 aliphatic carbocycles. The fourth-order valence-electron chi connectivity index (χ4n) is 5.87. The molecule has 0 bridgehead atoms. The Balaban J connectivity index is 0.000000231. The lowest BCUT2D eigenvalue weighted by Crippen LogP contribution is -2.14. The van der Waals surface area contributed by atoms with Crippen molar-refractivity contribution >= 4 is 0 Å². The Morgan fingerprint density at radius 2 is 1.06 bits per heavy atom. The van der Waals surface area contributed by atoms with E-state index in [1.165, 1.54) is 59.9 Å². The van der Waals surface area contributed by atoms with Crippen molar-refractivity contribution in [3.63, 3.8) is 0 Å². The second kappa shape index (κ2) is 24.6. The minimum absolute atomic E-state index is 0.160. The molecular weight excluding hydrogens is 621 g/mol. The van der Waals surface area contributed by atoms with Gasteiger partial charge in [0.25, 0.3) is 0 Å². The summed E-state index contributed by atoms with van der Waals surface area (Å²) in [5.41, 5.74) is 7.37. The molecule has 2 heteroatoms. The summed E-state index contributed by atoms with van der Waals surface area (Å²) in [6.45, 7) is 15.2. The summed E-state index contributed by atoms with van der Waals surface area (Å²) >= 11 is 0. The molecule has 0 aliphatic heterocycles. The molecule has 0 saturated carbocycles. The van der Waals surface area contributed by atoms with Gasteiger partial charge in [0.2, 0.25) is 0 Å². The maximum absolute atomic E-state index is 4.91. The molecule has 4 aromatic rings. The minimum Gasteiger partial charge on any atom is -0.497 e. The first-order valence-corrected chi connectivity index (χ1v) is 19.0. The monoisotopic (exact) mass is 684 g/mol. The molecule has 3 aliphatic rings. The summed E-state index contributed by atoms with van der Waals surface area (Å²) in [6.07, 6.45) is 22.3. The number of ether oxygens (including phenoxy) is 2. The fourth-order valence-corrected chi connectivity index (χ4v) is 5.87. The van der Waals surface area contributed by atoms with Crippen LogP contribution in [0, 0.1) is 11.8 Å². The maximum Gasteiger partial charge on any atom is 0.118 e. The van der Waals surface area contributed by atoms with Gasteiger partial charge in [-0.3, -0.25) is 0 Å². The van der Waals surface area contributed by atoms with Crippen LogP contribution in [0.25, 0.3) is 11.1 Å². The highest BCUT2D eigenvalue weighted by atomic mass is 16.5. The third-order valence-corrected chi connectivity index (χ3v) is 9.10. The van der Waals surface area contributed by atoms with Gasteiger partial charge in [0, 0.05) is 11.3 Å². The molecule has 0 saturated heterocycles. The average molecular weight is 685 g/mol. The molecule has 0 spiro atoms. The van der Waals surface area contributed by atoms with Crippen molar-refractivity contribution in [2.75, 3.05) is 14.2 Å². The Labute approximate surface area is 311 Å². The van der Waals surface area contributed by atoms with Crippen LogP contribution in [0.4, 0.5) is 0 Å². The molecule has 0 N–H and O–H groups in total. The molecule has 0 radical (unpaired) electrons. The van der Waals surface area contributed by atoms with Crippen LogP contribution in [0.2, 0.25) is 0 Å². The van der Waals surface area contributed by atoms with Gasteiger partial charge in [0.15, 0.2) is 0 Å². The molecule has 2 atom stereocenters. The second-order valence-electron chi connectivity index (χ2n) is 12.9. The molecule has 4 aromatic carbocycles. The van der Waals surface area contributed by atoms with Gasteiger partial charge >= 0.3 is 0 Å². The van der Waals surface area contributed by atoms with Crippen molar-refractivity contribution in [1.82, 2.24) is 0 Å². The number of unbranched alkanes of at least 4 members (excludes halogenated alkanes) is 1. The van der Waals surface area contributed by atoms with Crippen LogP contribution < -0.4 is 9.47 Å². The minimum atomic E-state index is 0.160. The first-order valence-electron chi connectivity index (χ1n) is 19.0. The number of methoxy groups -OCH3 is 2. The highest BCUT2D eigenvalue weighted by Gasteiger charge is 2.34. The topological polar surface area (TPSA) is 18.5 Å². The fraction of sp³-hybridized carbons (Fsp3) is 0.347. The number of para-hydroxylation sites is 2. The number of hydrogen-bond donors (Lipinski definition) is 0. The van der Waals surface area contributed by atoms with Crippen LogP contribution in [0.3, 0.4) is 0 Å². The van der Waals surface area contributed by atoms with Gasteiger partial charge in [0.1, 0.15) is 11.5 Å². The molecule has 272 valence electrons. The van der Waals surface area contributed by atoms with E-state index in [0.29, 0.717) is 5.92 Å². The number of allylic oxidation sites excluding steroid dienone is 8. The van der Waals surface area contributed by atoms with E-state index in [1.807, 2.05) is 74.5 Å². The smallest absolute Gasteiger partial charge is 0.118 e. The zero-order valence-corrected chi connectivity index (χ0v) is 32.9. The van der Waals surface area contributed by atoms with Gasteiger partial charge < -0.3 is 9.47 Å². The van der Waals surface area contributed by atoms with E-state index < -0.39 is 0 Å². The standard InChI is InChI=1S/C15H14.C14H18.2C7H8O.C4H10.C2H6/c1-15(2)13-9-5-3-7-11(13)12-8-4-6-10-14(12)15;1-2-12-8-10-14(11-9-12)13-6-4-3-5-7-13;2*1-8-7-5-3-2-4-6-7;1-3-4-2;1-2/h3-10H,1-2H3;3-6,8,10-13H,2,7,9H2,1H3;2*2-6H,1H3;3-4H2,1-2H3;1-2H3. The van der Waals surface area contributed by atoms with E-state index in [0.717, 1.165) is 17.4 Å². The maximum atomic E-state index is 4.91. The van der Waals surface area contributed by atoms with Crippen molar-refractivity contribution in [2.24, 2.45) is 11.8 Å². The van der Waals surface area contributed by atoms with Crippen LogP contribution in [0.15, 0.2) is 157 Å². The molecular formula is C49H64O2. The zero-order chi connectivity index (χ0) is 37.3. The van der Waals surface area contributed by atoms with Crippen LogP contribution in [-0.4, -0.2) is 14.2 Å². The van der Waals surface area contributed by atoms with E-state index >= 15 is 0 Å². The summed E-state index contributed by atoms with van der Waals surface area (Å²) in [5, 5.41) is 0. The normalized spacial score (nSPS) is 16.5. The highest BCUT2D eigenvalue weighted by Crippen LogP contribution is 2.48. The zero-order valence-electron chi connectivity index (χ0n) is 32.9. The summed E-state index contributed by atoms with van der Waals surface area (Å²) < 4.78 is 9.83. The van der Waals surface area contributed by atoms with E-state index in [9.17, 15) is 0 Å². The number of fused-ring (bicyclic) bond motifs is 3. The van der Waals surface area contributed by atoms with E-state index in [1.54, 1.807) is 14.2 Å². The first kappa shape index (κ1) is 42.6. The van der Waals surface area contributed by atoms with Crippen molar-refractivity contribution < 1.29 is 9.47 Å². The van der Waals surface area contributed by atoms with Gasteiger partial charge in [-0.05, 0) is 77.3 Å². The van der Waals surface area contributed by atoms with Gasteiger partial charge in [0.05, 0.1) is 14.2 Å². The van der Waals surface area contributed by atoms with Crippen molar-refractivity contribution in [1.29, 1.82) is 0 Å². The van der Waals surface area contributed by atoms with Gasteiger partial charge in [-0.25, -0.2) is 0 Å². The Morgan fingerprint density at radius 3 is 1.41 bits per heavy atom. The van der Waals surface area contributed by atoms with Crippen molar-refractivity contribution in [3.8, 4) is 22.6 Å². The third-order valence-electron chi connectivity index (χ3n) is 9.10. The summed E-state index contributed by atoms with van der Waals surface area (Å²) in [7, 11) is 3.32. The van der Waals surface area contributed by atoms with E-state index in [4.69, 9.17) is 9.47 Å². The average Bonchev–Trinajstić information content (AvgIpc) is 3.46. The van der Waals surface area contributed by atoms with E-state index in [-0.39, 0.29) is 5.41 Å². The first-order chi connectivity index (χ1) is 24.9. The van der Waals surface area contributed by atoms with Gasteiger partial charge in [-0.15, -0.1) is 0 Å².